The highest BCUT2D eigenvalue weighted by molar-refractivity contribution is 9.09. The van der Waals surface area contributed by atoms with Crippen molar-refractivity contribution in [1.82, 2.24) is 25.3 Å². The molecule has 92 valence electrons. The number of nitrogens with two attached hydrogens (primary N) is 1. The van der Waals surface area contributed by atoms with Gasteiger partial charge in [-0.3, -0.25) is 4.98 Å². The number of nitrogen functional groups attached to an aromatic ring is 1. The first-order chi connectivity index (χ1) is 8.78. The van der Waals surface area contributed by atoms with Gasteiger partial charge in [0.05, 0.1) is 17.2 Å². The summed E-state index contributed by atoms with van der Waals surface area (Å²) >= 11 is 3.38. The largest absolute Gasteiger partial charge is 0.379 e. The summed E-state index contributed by atoms with van der Waals surface area (Å²) in [6.45, 7) is 0. The first-order valence-corrected chi connectivity index (χ1v) is 6.39. The van der Waals surface area contributed by atoms with Crippen molar-refractivity contribution in [3.63, 3.8) is 0 Å². The highest BCUT2D eigenvalue weighted by atomic mass is 79.9. The van der Waals surface area contributed by atoms with Crippen LogP contribution in [0.3, 0.4) is 0 Å². The minimum atomic E-state index is 0.211. The Morgan fingerprint density at radius 1 is 1.39 bits per heavy atom. The Balaban J connectivity index is 2.08. The number of aromatic amines is 1. The molecule has 0 bridgehead atoms. The third-order valence-corrected chi connectivity index (χ3v) is 2.91. The van der Waals surface area contributed by atoms with Gasteiger partial charge in [-0.15, -0.1) is 0 Å². The number of anilines is 1. The van der Waals surface area contributed by atoms with Crippen molar-refractivity contribution in [3.8, 4) is 11.5 Å². The van der Waals surface area contributed by atoms with Gasteiger partial charge >= 0.3 is 0 Å². The minimum Gasteiger partial charge on any atom is -0.379 e. The SMILES string of the molecule is Nc1nonc1-c1nc2cc(CCBr)ncc2[nH]1. The molecule has 7 nitrogen and oxygen atoms in total. The number of alkyl halides is 1. The quantitative estimate of drug-likeness (QED) is 0.711. The van der Waals surface area contributed by atoms with E-state index in [4.69, 9.17) is 5.73 Å². The molecule has 3 aromatic rings. The molecule has 3 heterocycles. The topological polar surface area (TPSA) is 107 Å². The second-order valence-corrected chi connectivity index (χ2v) is 4.51. The summed E-state index contributed by atoms with van der Waals surface area (Å²) in [5.41, 5.74) is 8.65. The van der Waals surface area contributed by atoms with E-state index in [-0.39, 0.29) is 5.82 Å². The van der Waals surface area contributed by atoms with Crippen LogP contribution in [-0.2, 0) is 6.42 Å². The Kier molecular flexibility index (Phi) is 2.71. The summed E-state index contributed by atoms with van der Waals surface area (Å²) in [5, 5.41) is 8.09. The number of nitrogens with one attached hydrogen (secondary N) is 1. The van der Waals surface area contributed by atoms with Crippen molar-refractivity contribution >= 4 is 32.8 Å². The first kappa shape index (κ1) is 11.1. The van der Waals surface area contributed by atoms with E-state index >= 15 is 0 Å². The number of aryl methyl sites for hydroxylation is 1. The van der Waals surface area contributed by atoms with Gasteiger partial charge in [0.25, 0.3) is 0 Å². The second-order valence-electron chi connectivity index (χ2n) is 3.72. The number of rotatable bonds is 3. The van der Waals surface area contributed by atoms with Crippen molar-refractivity contribution in [3.05, 3.63) is 18.0 Å². The van der Waals surface area contributed by atoms with E-state index in [1.54, 1.807) is 6.20 Å². The predicted octanol–water partition coefficient (Wildman–Crippen LogP) is 1.53. The lowest BCUT2D eigenvalue weighted by Crippen LogP contribution is -1.89. The molecule has 0 aromatic carbocycles. The maximum atomic E-state index is 5.62. The Hall–Kier alpha value is -1.96. The van der Waals surface area contributed by atoms with Crippen molar-refractivity contribution in [2.24, 2.45) is 0 Å². The summed E-state index contributed by atoms with van der Waals surface area (Å²) in [4.78, 5) is 11.8. The number of imidazole rings is 1. The lowest BCUT2D eigenvalue weighted by molar-refractivity contribution is 0.310. The molecule has 0 amide bonds. The number of H-pyrrole nitrogens is 1. The number of fused-ring (bicyclic) bond motifs is 1. The fourth-order valence-corrected chi connectivity index (χ4v) is 2.06. The summed E-state index contributed by atoms with van der Waals surface area (Å²) in [7, 11) is 0. The van der Waals surface area contributed by atoms with Gasteiger partial charge in [-0.1, -0.05) is 15.9 Å². The molecule has 0 aliphatic carbocycles. The van der Waals surface area contributed by atoms with Crippen LogP contribution in [0.4, 0.5) is 5.82 Å². The van der Waals surface area contributed by atoms with E-state index in [2.05, 4.69) is 45.8 Å². The molecule has 0 saturated carbocycles. The zero-order valence-electron chi connectivity index (χ0n) is 9.22. The summed E-state index contributed by atoms with van der Waals surface area (Å²) in [6.07, 6.45) is 2.60. The summed E-state index contributed by atoms with van der Waals surface area (Å²) in [6, 6.07) is 1.93. The number of pyridine rings is 1. The molecule has 8 heteroatoms. The van der Waals surface area contributed by atoms with Crippen molar-refractivity contribution < 1.29 is 4.63 Å². The normalized spacial score (nSPS) is 11.2. The standard InChI is InChI=1S/C10H9BrN6O/c11-2-1-5-3-6-7(4-13-5)15-10(14-6)8-9(12)17-18-16-8/h3-4H,1-2H2,(H2,12,17)(H,14,15). The molecule has 0 fully saturated rings. The Labute approximate surface area is 110 Å². The average molecular weight is 309 g/mol. The van der Waals surface area contributed by atoms with E-state index in [9.17, 15) is 0 Å². The van der Waals surface area contributed by atoms with E-state index in [1.165, 1.54) is 0 Å². The average Bonchev–Trinajstić information content (AvgIpc) is 2.94. The van der Waals surface area contributed by atoms with Gasteiger partial charge in [0.2, 0.25) is 0 Å². The zero-order valence-corrected chi connectivity index (χ0v) is 10.8. The molecule has 0 saturated heterocycles. The van der Waals surface area contributed by atoms with Crippen LogP contribution in [0.1, 0.15) is 5.69 Å². The molecule has 0 aliphatic heterocycles. The third kappa shape index (κ3) is 1.84. The molecular weight excluding hydrogens is 300 g/mol. The molecule has 0 radical (unpaired) electrons. The number of halogens is 1. The molecule has 3 aromatic heterocycles. The Morgan fingerprint density at radius 3 is 3.00 bits per heavy atom. The second kappa shape index (κ2) is 4.37. The monoisotopic (exact) mass is 308 g/mol. The van der Waals surface area contributed by atoms with E-state index in [0.717, 1.165) is 28.5 Å². The third-order valence-electron chi connectivity index (χ3n) is 2.51. The Bertz CT molecular complexity index is 691. The lowest BCUT2D eigenvalue weighted by atomic mass is 10.3. The number of nitrogens with zero attached hydrogens (tertiary/aromatic N) is 4. The lowest BCUT2D eigenvalue weighted by Gasteiger charge is -1.94. The summed E-state index contributed by atoms with van der Waals surface area (Å²) < 4.78 is 4.55. The number of hydrogen-bond acceptors (Lipinski definition) is 6. The van der Waals surface area contributed by atoms with Crippen molar-refractivity contribution in [2.75, 3.05) is 11.1 Å². The highest BCUT2D eigenvalue weighted by Crippen LogP contribution is 2.22. The van der Waals surface area contributed by atoms with Gasteiger partial charge in [0.15, 0.2) is 17.3 Å². The molecule has 18 heavy (non-hydrogen) atoms. The van der Waals surface area contributed by atoms with Crippen LogP contribution in [-0.4, -0.2) is 30.6 Å². The van der Waals surface area contributed by atoms with Gasteiger partial charge < -0.3 is 10.7 Å². The molecule has 0 atom stereocenters. The minimum absolute atomic E-state index is 0.211. The molecule has 3 rings (SSSR count). The zero-order chi connectivity index (χ0) is 12.5. The summed E-state index contributed by atoms with van der Waals surface area (Å²) in [5.74, 6) is 0.740. The molecule has 0 spiro atoms. The van der Waals surface area contributed by atoms with Crippen LogP contribution in [0, 0.1) is 0 Å². The van der Waals surface area contributed by atoms with Crippen LogP contribution >= 0.6 is 15.9 Å². The first-order valence-electron chi connectivity index (χ1n) is 5.27. The maximum Gasteiger partial charge on any atom is 0.199 e. The van der Waals surface area contributed by atoms with E-state index in [1.807, 2.05) is 6.07 Å². The van der Waals surface area contributed by atoms with Crippen molar-refractivity contribution in [2.45, 2.75) is 6.42 Å². The van der Waals surface area contributed by atoms with Gasteiger partial charge in [0, 0.05) is 11.0 Å². The van der Waals surface area contributed by atoms with Gasteiger partial charge in [0.1, 0.15) is 0 Å². The van der Waals surface area contributed by atoms with Gasteiger partial charge in [-0.2, -0.15) is 0 Å². The van der Waals surface area contributed by atoms with Crippen LogP contribution < -0.4 is 5.73 Å². The van der Waals surface area contributed by atoms with Crippen molar-refractivity contribution in [1.29, 1.82) is 0 Å². The number of aromatic nitrogens is 5. The smallest absolute Gasteiger partial charge is 0.199 e. The van der Waals surface area contributed by atoms with Crippen LogP contribution in [0.25, 0.3) is 22.6 Å². The highest BCUT2D eigenvalue weighted by Gasteiger charge is 2.14. The molecular formula is C10H9BrN6O. The van der Waals surface area contributed by atoms with Gasteiger partial charge in [-0.25, -0.2) is 9.61 Å². The molecule has 3 N–H and O–H groups in total. The van der Waals surface area contributed by atoms with Gasteiger partial charge in [-0.05, 0) is 22.8 Å². The fraction of sp³-hybridized carbons (Fsp3) is 0.200. The predicted molar refractivity (Wildman–Crippen MR) is 69.1 cm³/mol. The van der Waals surface area contributed by atoms with Crippen LogP contribution in [0.5, 0.6) is 0 Å². The fourth-order valence-electron chi connectivity index (χ4n) is 1.66. The van der Waals surface area contributed by atoms with E-state index in [0.29, 0.717) is 11.5 Å². The van der Waals surface area contributed by atoms with Crippen LogP contribution in [0.2, 0.25) is 0 Å². The maximum absolute atomic E-state index is 5.62. The Morgan fingerprint density at radius 2 is 2.28 bits per heavy atom. The molecule has 0 unspecified atom stereocenters. The van der Waals surface area contributed by atoms with Crippen LogP contribution in [0.15, 0.2) is 16.9 Å². The van der Waals surface area contributed by atoms with E-state index < -0.39 is 0 Å². The molecule has 0 aliphatic rings. The number of hydrogen-bond donors (Lipinski definition) is 2.